The Kier molecular flexibility index (Phi) is 3.25. The van der Waals surface area contributed by atoms with Crippen LogP contribution in [-0.4, -0.2) is 21.4 Å². The number of fused-ring (bicyclic) bond motifs is 1. The fourth-order valence-corrected chi connectivity index (χ4v) is 2.14. The first kappa shape index (κ1) is 12.5. The fraction of sp³-hybridized carbons (Fsp3) is 0.200. The molecule has 0 fully saturated rings. The van der Waals surface area contributed by atoms with Crippen molar-refractivity contribution in [2.75, 3.05) is 17.7 Å². The van der Waals surface area contributed by atoms with Crippen LogP contribution in [0.3, 0.4) is 0 Å². The Morgan fingerprint density at radius 2 is 2.20 bits per heavy atom. The largest absolute Gasteiger partial charge is 0.372 e. The quantitative estimate of drug-likeness (QED) is 0.762. The van der Waals surface area contributed by atoms with E-state index in [0.717, 1.165) is 29.4 Å². The number of hydrogen-bond donors (Lipinski definition) is 2. The van der Waals surface area contributed by atoms with Gasteiger partial charge in [0.05, 0.1) is 6.20 Å². The van der Waals surface area contributed by atoms with Crippen molar-refractivity contribution in [3.8, 4) is 0 Å². The second kappa shape index (κ2) is 5.21. The zero-order chi connectivity index (χ0) is 13.9. The normalized spacial score (nSPS) is 10.7. The maximum absolute atomic E-state index is 4.54. The molecule has 3 aromatic rings. The van der Waals surface area contributed by atoms with Gasteiger partial charge in [0.2, 0.25) is 0 Å². The Morgan fingerprint density at radius 1 is 1.30 bits per heavy atom. The van der Waals surface area contributed by atoms with Crippen LogP contribution < -0.4 is 10.6 Å². The summed E-state index contributed by atoms with van der Waals surface area (Å²) in [4.78, 5) is 8.88. The van der Waals surface area contributed by atoms with Crippen molar-refractivity contribution in [3.05, 3.63) is 48.4 Å². The van der Waals surface area contributed by atoms with Gasteiger partial charge in [-0.1, -0.05) is 19.1 Å². The SMILES string of the molecule is CCc1cccc(Nc2nc(NC)cn3ccnc23)c1. The highest BCUT2D eigenvalue weighted by atomic mass is 15.1. The molecule has 2 heterocycles. The first-order valence-electron chi connectivity index (χ1n) is 6.67. The topological polar surface area (TPSA) is 54.2 Å². The van der Waals surface area contributed by atoms with Gasteiger partial charge in [0.25, 0.3) is 0 Å². The minimum absolute atomic E-state index is 0.745. The van der Waals surface area contributed by atoms with Crippen LogP contribution in [0.15, 0.2) is 42.9 Å². The van der Waals surface area contributed by atoms with Crippen LogP contribution >= 0.6 is 0 Å². The average molecular weight is 267 g/mol. The minimum Gasteiger partial charge on any atom is -0.372 e. The Hall–Kier alpha value is -2.56. The number of nitrogens with zero attached hydrogens (tertiary/aromatic N) is 3. The lowest BCUT2D eigenvalue weighted by Crippen LogP contribution is -2.02. The molecule has 0 amide bonds. The summed E-state index contributed by atoms with van der Waals surface area (Å²) in [5, 5.41) is 6.41. The van der Waals surface area contributed by atoms with Gasteiger partial charge in [0.15, 0.2) is 11.5 Å². The van der Waals surface area contributed by atoms with Gasteiger partial charge in [0, 0.05) is 25.1 Å². The lowest BCUT2D eigenvalue weighted by Gasteiger charge is -2.10. The predicted molar refractivity (Wildman–Crippen MR) is 81.6 cm³/mol. The van der Waals surface area contributed by atoms with E-state index in [0.29, 0.717) is 0 Å². The van der Waals surface area contributed by atoms with Crippen LogP contribution in [0.5, 0.6) is 0 Å². The fourth-order valence-electron chi connectivity index (χ4n) is 2.14. The second-order valence-electron chi connectivity index (χ2n) is 4.56. The molecule has 102 valence electrons. The molecule has 2 aromatic heterocycles. The van der Waals surface area contributed by atoms with Crippen molar-refractivity contribution < 1.29 is 0 Å². The van der Waals surface area contributed by atoms with Crippen LogP contribution in [0.2, 0.25) is 0 Å². The van der Waals surface area contributed by atoms with Crippen LogP contribution in [0.4, 0.5) is 17.3 Å². The predicted octanol–water partition coefficient (Wildman–Crippen LogP) is 3.08. The molecule has 0 aliphatic heterocycles. The molecule has 3 rings (SSSR count). The van der Waals surface area contributed by atoms with E-state index < -0.39 is 0 Å². The number of anilines is 3. The van der Waals surface area contributed by atoms with E-state index in [1.54, 1.807) is 6.20 Å². The van der Waals surface area contributed by atoms with E-state index in [2.05, 4.69) is 39.7 Å². The molecule has 0 radical (unpaired) electrons. The van der Waals surface area contributed by atoms with Gasteiger partial charge in [-0.05, 0) is 24.1 Å². The van der Waals surface area contributed by atoms with E-state index in [4.69, 9.17) is 0 Å². The van der Waals surface area contributed by atoms with Crippen LogP contribution in [0.25, 0.3) is 5.65 Å². The third-order valence-electron chi connectivity index (χ3n) is 3.23. The summed E-state index contributed by atoms with van der Waals surface area (Å²) < 4.78 is 1.95. The van der Waals surface area contributed by atoms with Crippen molar-refractivity contribution in [3.63, 3.8) is 0 Å². The van der Waals surface area contributed by atoms with E-state index in [1.807, 2.05) is 36.0 Å². The molecule has 5 nitrogen and oxygen atoms in total. The van der Waals surface area contributed by atoms with E-state index >= 15 is 0 Å². The summed E-state index contributed by atoms with van der Waals surface area (Å²) in [5.41, 5.74) is 3.13. The third kappa shape index (κ3) is 2.30. The monoisotopic (exact) mass is 267 g/mol. The number of imidazole rings is 1. The molecule has 20 heavy (non-hydrogen) atoms. The summed E-state index contributed by atoms with van der Waals surface area (Å²) >= 11 is 0. The molecule has 0 unspecified atom stereocenters. The maximum Gasteiger partial charge on any atom is 0.180 e. The zero-order valence-electron chi connectivity index (χ0n) is 11.6. The molecular weight excluding hydrogens is 250 g/mol. The Morgan fingerprint density at radius 3 is 3.00 bits per heavy atom. The van der Waals surface area contributed by atoms with Gasteiger partial charge in [-0.2, -0.15) is 0 Å². The summed E-state index contributed by atoms with van der Waals surface area (Å²) in [6.07, 6.45) is 6.60. The van der Waals surface area contributed by atoms with Gasteiger partial charge >= 0.3 is 0 Å². The first-order chi connectivity index (χ1) is 9.80. The van der Waals surface area contributed by atoms with Gasteiger partial charge in [-0.3, -0.25) is 0 Å². The van der Waals surface area contributed by atoms with Gasteiger partial charge in [-0.25, -0.2) is 9.97 Å². The number of hydrogen-bond acceptors (Lipinski definition) is 4. The van der Waals surface area contributed by atoms with E-state index in [1.165, 1.54) is 5.56 Å². The Bertz CT molecular complexity index is 732. The number of aryl methyl sites for hydroxylation is 1. The molecule has 0 saturated heterocycles. The molecular formula is C15H17N5. The van der Waals surface area contributed by atoms with E-state index in [-0.39, 0.29) is 0 Å². The van der Waals surface area contributed by atoms with Crippen molar-refractivity contribution in [1.82, 2.24) is 14.4 Å². The van der Waals surface area contributed by atoms with Gasteiger partial charge in [0.1, 0.15) is 5.82 Å². The van der Waals surface area contributed by atoms with E-state index in [9.17, 15) is 0 Å². The number of aromatic nitrogens is 3. The minimum atomic E-state index is 0.745. The highest BCUT2D eigenvalue weighted by Crippen LogP contribution is 2.21. The van der Waals surface area contributed by atoms with Crippen LogP contribution in [0.1, 0.15) is 12.5 Å². The zero-order valence-corrected chi connectivity index (χ0v) is 11.6. The van der Waals surface area contributed by atoms with Crippen molar-refractivity contribution >= 4 is 23.0 Å². The highest BCUT2D eigenvalue weighted by molar-refractivity contribution is 5.71. The third-order valence-corrected chi connectivity index (χ3v) is 3.23. The number of nitrogens with one attached hydrogen (secondary N) is 2. The van der Waals surface area contributed by atoms with Crippen molar-refractivity contribution in [2.45, 2.75) is 13.3 Å². The summed E-state index contributed by atoms with van der Waals surface area (Å²) in [5.74, 6) is 1.54. The molecule has 0 bridgehead atoms. The molecule has 2 N–H and O–H groups in total. The molecule has 0 spiro atoms. The summed E-state index contributed by atoms with van der Waals surface area (Å²) in [6, 6.07) is 8.33. The first-order valence-corrected chi connectivity index (χ1v) is 6.67. The standard InChI is InChI=1S/C15H17N5/c1-3-11-5-4-6-12(9-11)18-14-15-17-7-8-20(15)10-13(16-2)19-14/h4-10,16H,3H2,1-2H3,(H,18,19). The Labute approximate surface area is 117 Å². The molecule has 0 aliphatic carbocycles. The van der Waals surface area contributed by atoms with Gasteiger partial charge < -0.3 is 15.0 Å². The molecule has 0 saturated carbocycles. The van der Waals surface area contributed by atoms with Crippen molar-refractivity contribution in [2.24, 2.45) is 0 Å². The molecule has 5 heteroatoms. The maximum atomic E-state index is 4.54. The lowest BCUT2D eigenvalue weighted by molar-refractivity contribution is 1.12. The van der Waals surface area contributed by atoms with Crippen LogP contribution in [0, 0.1) is 0 Å². The second-order valence-corrected chi connectivity index (χ2v) is 4.56. The lowest BCUT2D eigenvalue weighted by atomic mass is 10.1. The smallest absolute Gasteiger partial charge is 0.180 e. The number of benzene rings is 1. The summed E-state index contributed by atoms with van der Waals surface area (Å²) in [6.45, 7) is 2.14. The molecule has 1 aromatic carbocycles. The van der Waals surface area contributed by atoms with Crippen LogP contribution in [-0.2, 0) is 6.42 Å². The van der Waals surface area contributed by atoms with Crippen molar-refractivity contribution in [1.29, 1.82) is 0 Å². The molecule has 0 atom stereocenters. The molecule has 0 aliphatic rings. The Balaban J connectivity index is 2.02. The summed E-state index contributed by atoms with van der Waals surface area (Å²) in [7, 11) is 1.85. The number of rotatable bonds is 4. The average Bonchev–Trinajstić information content (AvgIpc) is 2.96. The van der Waals surface area contributed by atoms with Gasteiger partial charge in [-0.15, -0.1) is 0 Å². The highest BCUT2D eigenvalue weighted by Gasteiger charge is 2.07.